The molecule has 150 valence electrons. The lowest BCUT2D eigenvalue weighted by atomic mass is 10.1. The molecular weight excluding hydrogens is 395 g/mol. The summed E-state index contributed by atoms with van der Waals surface area (Å²) in [6.07, 6.45) is 1.58. The van der Waals surface area contributed by atoms with E-state index in [1.807, 2.05) is 5.38 Å². The molecule has 3 N–H and O–H groups in total. The fourth-order valence-electron chi connectivity index (χ4n) is 2.52. The summed E-state index contributed by atoms with van der Waals surface area (Å²) in [6.45, 7) is 0.907. The molecule has 3 rings (SSSR count). The number of halogens is 1. The standard InChI is InChI=1S/C20H19FN4O3S/c1-28-9-8-23-20-25(24-11-13-2-5-15(21)6-3-13)17(12-29-20)14-4-7-18(26)16(10-14)19(22)27/h2-7,10-12,26H,8-9H2,1H3,(H2,22,27). The summed E-state index contributed by atoms with van der Waals surface area (Å²) in [5, 5.41) is 16.2. The number of rotatable bonds is 7. The van der Waals surface area contributed by atoms with Crippen molar-refractivity contribution in [1.82, 2.24) is 4.68 Å². The molecule has 0 aliphatic carbocycles. The van der Waals surface area contributed by atoms with E-state index in [1.165, 1.54) is 35.6 Å². The molecular formula is C20H19FN4O3S. The molecule has 3 aromatic rings. The quantitative estimate of drug-likeness (QED) is 0.459. The third-order valence-electron chi connectivity index (χ3n) is 3.98. The zero-order valence-corrected chi connectivity index (χ0v) is 16.4. The average Bonchev–Trinajstić information content (AvgIpc) is 3.10. The van der Waals surface area contributed by atoms with Crippen LogP contribution >= 0.6 is 11.3 Å². The van der Waals surface area contributed by atoms with Gasteiger partial charge in [0.1, 0.15) is 11.6 Å². The van der Waals surface area contributed by atoms with Crippen molar-refractivity contribution in [3.63, 3.8) is 0 Å². The molecule has 9 heteroatoms. The summed E-state index contributed by atoms with van der Waals surface area (Å²) in [4.78, 5) is 16.7. The van der Waals surface area contributed by atoms with Crippen molar-refractivity contribution in [3.05, 3.63) is 69.6 Å². The lowest BCUT2D eigenvalue weighted by Gasteiger charge is -2.06. The lowest BCUT2D eigenvalue weighted by Crippen LogP contribution is -2.14. The third kappa shape index (κ3) is 4.95. The predicted octanol–water partition coefficient (Wildman–Crippen LogP) is 2.59. The number of aromatic nitrogens is 1. The van der Waals surface area contributed by atoms with Crippen LogP contribution in [0.15, 0.2) is 57.9 Å². The Labute approximate surface area is 170 Å². The fourth-order valence-corrected chi connectivity index (χ4v) is 3.38. The van der Waals surface area contributed by atoms with Crippen molar-refractivity contribution in [2.75, 3.05) is 20.3 Å². The molecule has 2 aromatic carbocycles. The molecule has 0 saturated carbocycles. The van der Waals surface area contributed by atoms with Gasteiger partial charge in [-0.25, -0.2) is 9.07 Å². The number of carbonyl (C=O) groups is 1. The third-order valence-corrected chi connectivity index (χ3v) is 4.83. The van der Waals surface area contributed by atoms with E-state index in [0.717, 1.165) is 0 Å². The Balaban J connectivity index is 2.08. The van der Waals surface area contributed by atoms with E-state index >= 15 is 0 Å². The second-order valence-electron chi connectivity index (χ2n) is 5.98. The van der Waals surface area contributed by atoms with Gasteiger partial charge < -0.3 is 15.6 Å². The highest BCUT2D eigenvalue weighted by Crippen LogP contribution is 2.26. The van der Waals surface area contributed by atoms with Gasteiger partial charge >= 0.3 is 0 Å². The van der Waals surface area contributed by atoms with Crippen LogP contribution in [0, 0.1) is 5.82 Å². The highest BCUT2D eigenvalue weighted by Gasteiger charge is 2.13. The first-order valence-electron chi connectivity index (χ1n) is 8.62. The topological polar surface area (TPSA) is 102 Å². The van der Waals surface area contributed by atoms with Crippen LogP contribution in [0.25, 0.3) is 11.3 Å². The summed E-state index contributed by atoms with van der Waals surface area (Å²) in [5.41, 5.74) is 7.36. The van der Waals surface area contributed by atoms with E-state index in [4.69, 9.17) is 10.5 Å². The summed E-state index contributed by atoms with van der Waals surface area (Å²) >= 11 is 1.37. The molecule has 1 heterocycles. The van der Waals surface area contributed by atoms with Gasteiger partial charge in [0.25, 0.3) is 5.91 Å². The first-order chi connectivity index (χ1) is 14.0. The van der Waals surface area contributed by atoms with Gasteiger partial charge in [-0.2, -0.15) is 5.10 Å². The summed E-state index contributed by atoms with van der Waals surface area (Å²) in [5.74, 6) is -1.25. The average molecular weight is 414 g/mol. The van der Waals surface area contributed by atoms with Crippen molar-refractivity contribution in [3.8, 4) is 17.0 Å². The molecule has 1 aromatic heterocycles. The van der Waals surface area contributed by atoms with Gasteiger partial charge in [0.2, 0.25) is 4.80 Å². The van der Waals surface area contributed by atoms with Gasteiger partial charge in [-0.3, -0.25) is 9.79 Å². The molecule has 0 aliphatic heterocycles. The minimum atomic E-state index is -0.731. The maximum Gasteiger partial charge on any atom is 0.252 e. The number of aromatic hydroxyl groups is 1. The van der Waals surface area contributed by atoms with Crippen LogP contribution in [0.3, 0.4) is 0 Å². The smallest absolute Gasteiger partial charge is 0.252 e. The minimum Gasteiger partial charge on any atom is -0.507 e. The van der Waals surface area contributed by atoms with Crippen LogP contribution < -0.4 is 10.5 Å². The van der Waals surface area contributed by atoms with Gasteiger partial charge in [0.15, 0.2) is 0 Å². The van der Waals surface area contributed by atoms with Crippen molar-refractivity contribution < 1.29 is 19.0 Å². The molecule has 0 bridgehead atoms. The van der Waals surface area contributed by atoms with Gasteiger partial charge in [-0.05, 0) is 35.9 Å². The second kappa shape index (κ2) is 9.26. The van der Waals surface area contributed by atoms with E-state index in [9.17, 15) is 14.3 Å². The Kier molecular flexibility index (Phi) is 6.53. The Morgan fingerprint density at radius 1 is 1.31 bits per heavy atom. The van der Waals surface area contributed by atoms with Crippen LogP contribution in [0.5, 0.6) is 5.75 Å². The Bertz CT molecular complexity index is 1100. The molecule has 0 unspecified atom stereocenters. The Morgan fingerprint density at radius 2 is 2.07 bits per heavy atom. The van der Waals surface area contributed by atoms with E-state index < -0.39 is 5.91 Å². The van der Waals surface area contributed by atoms with Crippen LogP contribution in [-0.2, 0) is 4.74 Å². The van der Waals surface area contributed by atoms with Crippen molar-refractivity contribution in [1.29, 1.82) is 0 Å². The van der Waals surface area contributed by atoms with Crippen LogP contribution in [0.1, 0.15) is 15.9 Å². The van der Waals surface area contributed by atoms with Crippen LogP contribution in [0.2, 0.25) is 0 Å². The Hall–Kier alpha value is -3.30. The molecule has 0 fully saturated rings. The highest BCUT2D eigenvalue weighted by molar-refractivity contribution is 7.07. The number of nitrogens with two attached hydrogens (primary N) is 1. The highest BCUT2D eigenvalue weighted by atomic mass is 32.1. The number of hydrogen-bond donors (Lipinski definition) is 2. The Morgan fingerprint density at radius 3 is 2.76 bits per heavy atom. The molecule has 0 aliphatic rings. The second-order valence-corrected chi connectivity index (χ2v) is 6.82. The summed E-state index contributed by atoms with van der Waals surface area (Å²) < 4.78 is 19.8. The van der Waals surface area contributed by atoms with Crippen molar-refractivity contribution in [2.45, 2.75) is 0 Å². The minimum absolute atomic E-state index is 0.0145. The first-order valence-corrected chi connectivity index (χ1v) is 9.50. The first kappa shape index (κ1) is 20.4. The maximum atomic E-state index is 13.1. The number of benzene rings is 2. The number of amides is 1. The number of ether oxygens (including phenoxy) is 1. The summed E-state index contributed by atoms with van der Waals surface area (Å²) in [6, 6.07) is 10.5. The van der Waals surface area contributed by atoms with E-state index in [2.05, 4.69) is 10.1 Å². The van der Waals surface area contributed by atoms with Gasteiger partial charge in [-0.1, -0.05) is 12.1 Å². The van der Waals surface area contributed by atoms with Crippen molar-refractivity contribution >= 4 is 23.5 Å². The molecule has 0 spiro atoms. The number of thiazole rings is 1. The normalized spacial score (nSPS) is 12.0. The molecule has 7 nitrogen and oxygen atoms in total. The lowest BCUT2D eigenvalue weighted by molar-refractivity contribution is 0.0998. The molecule has 0 radical (unpaired) electrons. The number of phenols is 1. The van der Waals surface area contributed by atoms with Gasteiger partial charge in [0, 0.05) is 18.1 Å². The predicted molar refractivity (Wildman–Crippen MR) is 110 cm³/mol. The molecule has 29 heavy (non-hydrogen) atoms. The number of primary amides is 1. The van der Waals surface area contributed by atoms with Crippen molar-refractivity contribution in [2.24, 2.45) is 15.8 Å². The number of methoxy groups -OCH3 is 1. The SMILES string of the molecule is COCCN=c1scc(-c2ccc(O)c(C(N)=O)c2)n1N=Cc1ccc(F)cc1. The zero-order valence-electron chi connectivity index (χ0n) is 15.6. The van der Waals surface area contributed by atoms with E-state index in [-0.39, 0.29) is 17.1 Å². The van der Waals surface area contributed by atoms with Gasteiger partial charge in [0.05, 0.1) is 30.6 Å². The number of nitrogens with zero attached hydrogens (tertiary/aromatic N) is 3. The molecule has 1 amide bonds. The number of carbonyl (C=O) groups excluding carboxylic acids is 1. The summed E-state index contributed by atoms with van der Waals surface area (Å²) in [7, 11) is 1.60. The number of hydrogen-bond acceptors (Lipinski definition) is 6. The van der Waals surface area contributed by atoms with E-state index in [1.54, 1.807) is 36.2 Å². The van der Waals surface area contributed by atoms with E-state index in [0.29, 0.717) is 34.8 Å². The monoisotopic (exact) mass is 414 g/mol. The van der Waals surface area contributed by atoms with Crippen LogP contribution in [0.4, 0.5) is 4.39 Å². The fraction of sp³-hybridized carbons (Fsp3) is 0.150. The molecule has 0 saturated heterocycles. The largest absolute Gasteiger partial charge is 0.507 e. The van der Waals surface area contributed by atoms with Crippen LogP contribution in [-0.4, -0.2) is 42.2 Å². The van der Waals surface area contributed by atoms with Gasteiger partial charge in [-0.15, -0.1) is 11.3 Å². The maximum absolute atomic E-state index is 13.1. The zero-order chi connectivity index (χ0) is 20.8. The molecule has 0 atom stereocenters.